The van der Waals surface area contributed by atoms with E-state index in [2.05, 4.69) is 20.2 Å². The molecule has 7 nitrogen and oxygen atoms in total. The standard InChI is InChI=1S/C13H17N5O2S/c1-7-10(21-12(16-7)11-14-6-15-17-11)13(20)18(2)5-9(19)8-3-4-8/h6,8-9,19H,3-5H2,1-2H3,(H,14,15,17). The highest BCUT2D eigenvalue weighted by Gasteiger charge is 2.32. The van der Waals surface area contributed by atoms with Crippen molar-refractivity contribution in [3.8, 4) is 10.8 Å². The highest BCUT2D eigenvalue weighted by Crippen LogP contribution is 2.33. The zero-order valence-corrected chi connectivity index (χ0v) is 12.7. The maximum atomic E-state index is 12.5. The number of aryl methyl sites for hydroxylation is 1. The highest BCUT2D eigenvalue weighted by atomic mass is 32.1. The number of carbonyl (C=O) groups is 1. The van der Waals surface area contributed by atoms with E-state index in [0.29, 0.717) is 33.9 Å². The van der Waals surface area contributed by atoms with Crippen LogP contribution >= 0.6 is 11.3 Å². The Balaban J connectivity index is 1.74. The molecule has 0 aromatic carbocycles. The summed E-state index contributed by atoms with van der Waals surface area (Å²) in [7, 11) is 1.71. The lowest BCUT2D eigenvalue weighted by Gasteiger charge is -2.20. The number of nitrogens with zero attached hydrogens (tertiary/aromatic N) is 4. The fraction of sp³-hybridized carbons (Fsp3) is 0.538. The molecule has 8 heteroatoms. The molecule has 3 rings (SSSR count). The van der Waals surface area contributed by atoms with Crippen LogP contribution < -0.4 is 0 Å². The van der Waals surface area contributed by atoms with Crippen LogP contribution in [0.5, 0.6) is 0 Å². The number of thiazole rings is 1. The van der Waals surface area contributed by atoms with Gasteiger partial charge in [-0.3, -0.25) is 9.89 Å². The first-order valence-corrected chi connectivity index (χ1v) is 7.64. The monoisotopic (exact) mass is 307 g/mol. The van der Waals surface area contributed by atoms with Crippen molar-refractivity contribution < 1.29 is 9.90 Å². The first-order valence-electron chi connectivity index (χ1n) is 6.83. The Morgan fingerprint density at radius 2 is 2.38 bits per heavy atom. The Hall–Kier alpha value is -1.80. The summed E-state index contributed by atoms with van der Waals surface area (Å²) >= 11 is 1.29. The molecule has 1 unspecified atom stereocenters. The molecule has 2 heterocycles. The van der Waals surface area contributed by atoms with Gasteiger partial charge in [0.1, 0.15) is 11.2 Å². The molecule has 1 saturated carbocycles. The molecule has 0 aliphatic heterocycles. The van der Waals surface area contributed by atoms with Gasteiger partial charge in [0, 0.05) is 13.6 Å². The van der Waals surface area contributed by atoms with E-state index in [0.717, 1.165) is 12.8 Å². The average Bonchev–Trinajstić information content (AvgIpc) is 3.03. The Morgan fingerprint density at radius 3 is 3.00 bits per heavy atom. The summed E-state index contributed by atoms with van der Waals surface area (Å²) < 4.78 is 0. The molecule has 1 aliphatic rings. The average molecular weight is 307 g/mol. The Bertz CT molecular complexity index is 635. The van der Waals surface area contributed by atoms with Crippen molar-refractivity contribution in [3.63, 3.8) is 0 Å². The van der Waals surface area contributed by atoms with Crippen molar-refractivity contribution in [1.29, 1.82) is 0 Å². The number of rotatable bonds is 5. The largest absolute Gasteiger partial charge is 0.391 e. The van der Waals surface area contributed by atoms with Crippen LogP contribution in [0.15, 0.2) is 6.33 Å². The van der Waals surface area contributed by atoms with Crippen molar-refractivity contribution >= 4 is 17.2 Å². The zero-order valence-electron chi connectivity index (χ0n) is 11.9. The molecule has 2 aromatic heterocycles. The third-order valence-corrected chi connectivity index (χ3v) is 4.73. The van der Waals surface area contributed by atoms with Crippen molar-refractivity contribution in [2.24, 2.45) is 5.92 Å². The SMILES string of the molecule is Cc1nc(-c2ncn[nH]2)sc1C(=O)N(C)CC(O)C1CC1. The molecule has 0 saturated heterocycles. The van der Waals surface area contributed by atoms with E-state index in [1.165, 1.54) is 17.7 Å². The predicted octanol–water partition coefficient (Wildman–Crippen LogP) is 1.08. The van der Waals surface area contributed by atoms with Crippen molar-refractivity contribution in [3.05, 3.63) is 16.9 Å². The first kappa shape index (κ1) is 14.2. The van der Waals surface area contributed by atoms with Gasteiger partial charge in [-0.15, -0.1) is 11.3 Å². The van der Waals surface area contributed by atoms with Crippen LogP contribution in [0, 0.1) is 12.8 Å². The smallest absolute Gasteiger partial charge is 0.265 e. The van der Waals surface area contributed by atoms with Crippen LogP contribution in [-0.2, 0) is 0 Å². The number of hydrogen-bond acceptors (Lipinski definition) is 6. The second-order valence-electron chi connectivity index (χ2n) is 5.36. The Labute approximate surface area is 126 Å². The lowest BCUT2D eigenvalue weighted by Crippen LogP contribution is -2.35. The van der Waals surface area contributed by atoms with Crippen LogP contribution in [0.1, 0.15) is 28.2 Å². The quantitative estimate of drug-likeness (QED) is 0.862. The number of H-pyrrole nitrogens is 1. The fourth-order valence-corrected chi connectivity index (χ4v) is 3.18. The van der Waals surface area contributed by atoms with Gasteiger partial charge in [-0.05, 0) is 25.7 Å². The number of hydrogen-bond donors (Lipinski definition) is 2. The molecule has 21 heavy (non-hydrogen) atoms. The van der Waals surface area contributed by atoms with Crippen molar-refractivity contribution in [2.75, 3.05) is 13.6 Å². The van der Waals surface area contributed by atoms with Gasteiger partial charge in [-0.25, -0.2) is 9.97 Å². The third kappa shape index (κ3) is 2.96. The number of nitrogens with one attached hydrogen (secondary N) is 1. The Kier molecular flexibility index (Phi) is 3.73. The molecule has 0 radical (unpaired) electrons. The van der Waals surface area contributed by atoms with E-state index in [1.54, 1.807) is 18.9 Å². The van der Waals surface area contributed by atoms with E-state index in [9.17, 15) is 9.90 Å². The molecule has 2 N–H and O–H groups in total. The zero-order chi connectivity index (χ0) is 15.0. The van der Waals surface area contributed by atoms with E-state index in [1.807, 2.05) is 0 Å². The number of aromatic nitrogens is 4. The second-order valence-corrected chi connectivity index (χ2v) is 6.36. The first-order chi connectivity index (χ1) is 10.1. The lowest BCUT2D eigenvalue weighted by molar-refractivity contribution is 0.0649. The number of aliphatic hydroxyl groups excluding tert-OH is 1. The molecule has 1 atom stereocenters. The lowest BCUT2D eigenvalue weighted by atomic mass is 10.2. The topological polar surface area (TPSA) is 95.0 Å². The van der Waals surface area contributed by atoms with Gasteiger partial charge in [0.2, 0.25) is 0 Å². The minimum Gasteiger partial charge on any atom is -0.391 e. The number of likely N-dealkylation sites (N-methyl/N-ethyl adjacent to an activating group) is 1. The van der Waals surface area contributed by atoms with Crippen molar-refractivity contribution in [1.82, 2.24) is 25.1 Å². The van der Waals surface area contributed by atoms with Gasteiger partial charge in [0.15, 0.2) is 10.8 Å². The molecule has 2 aromatic rings. The highest BCUT2D eigenvalue weighted by molar-refractivity contribution is 7.17. The van der Waals surface area contributed by atoms with Gasteiger partial charge in [0.25, 0.3) is 5.91 Å². The van der Waals surface area contributed by atoms with E-state index < -0.39 is 6.10 Å². The number of carbonyl (C=O) groups excluding carboxylic acids is 1. The maximum absolute atomic E-state index is 12.5. The van der Waals surface area contributed by atoms with Gasteiger partial charge in [0.05, 0.1) is 11.8 Å². The van der Waals surface area contributed by atoms with Crippen molar-refractivity contribution in [2.45, 2.75) is 25.9 Å². The minimum atomic E-state index is -0.430. The number of amides is 1. The van der Waals surface area contributed by atoms with Crippen LogP contribution in [0.3, 0.4) is 0 Å². The van der Waals surface area contributed by atoms with Gasteiger partial charge in [-0.2, -0.15) is 5.10 Å². The molecule has 112 valence electrons. The fourth-order valence-electron chi connectivity index (χ4n) is 2.17. The second kappa shape index (κ2) is 5.53. The Morgan fingerprint density at radius 1 is 1.62 bits per heavy atom. The van der Waals surface area contributed by atoms with E-state index >= 15 is 0 Å². The van der Waals surface area contributed by atoms with Gasteiger partial charge >= 0.3 is 0 Å². The van der Waals surface area contributed by atoms with Gasteiger partial charge < -0.3 is 10.0 Å². The number of aliphatic hydroxyl groups is 1. The summed E-state index contributed by atoms with van der Waals surface area (Å²) in [5, 5.41) is 17.1. The molecule has 1 fully saturated rings. The van der Waals surface area contributed by atoms with E-state index in [-0.39, 0.29) is 5.91 Å². The minimum absolute atomic E-state index is 0.115. The summed E-state index contributed by atoms with van der Waals surface area (Å²) in [4.78, 5) is 23.0. The number of aromatic amines is 1. The summed E-state index contributed by atoms with van der Waals surface area (Å²) in [5.74, 6) is 0.797. The maximum Gasteiger partial charge on any atom is 0.265 e. The van der Waals surface area contributed by atoms with Gasteiger partial charge in [-0.1, -0.05) is 0 Å². The third-order valence-electron chi connectivity index (χ3n) is 3.58. The summed E-state index contributed by atoms with van der Waals surface area (Å²) in [6, 6.07) is 0. The normalized spacial score (nSPS) is 16.0. The predicted molar refractivity (Wildman–Crippen MR) is 77.9 cm³/mol. The summed E-state index contributed by atoms with van der Waals surface area (Å²) in [6.07, 6.45) is 3.09. The molecule has 0 bridgehead atoms. The summed E-state index contributed by atoms with van der Waals surface area (Å²) in [6.45, 7) is 2.16. The van der Waals surface area contributed by atoms with E-state index in [4.69, 9.17) is 0 Å². The molecule has 1 aliphatic carbocycles. The van der Waals surface area contributed by atoms with Crippen LogP contribution in [0.2, 0.25) is 0 Å². The van der Waals surface area contributed by atoms with Crippen LogP contribution in [0.4, 0.5) is 0 Å². The van der Waals surface area contributed by atoms with Crippen LogP contribution in [0.25, 0.3) is 10.8 Å². The molecule has 0 spiro atoms. The molecule has 1 amide bonds. The molecular weight excluding hydrogens is 290 g/mol. The molecular formula is C13H17N5O2S. The summed E-state index contributed by atoms with van der Waals surface area (Å²) in [5.41, 5.74) is 0.671. The van der Waals surface area contributed by atoms with Crippen LogP contribution in [-0.4, -0.2) is 55.8 Å².